The van der Waals surface area contributed by atoms with E-state index in [0.29, 0.717) is 12.0 Å². The van der Waals surface area contributed by atoms with Gasteiger partial charge in [-0.15, -0.1) is 0 Å². The number of phenolic OH excluding ortho intramolecular Hbond substituents is 1. The van der Waals surface area contributed by atoms with Crippen molar-refractivity contribution in [2.75, 3.05) is 0 Å². The van der Waals surface area contributed by atoms with Crippen LogP contribution in [0.2, 0.25) is 0 Å². The second kappa shape index (κ2) is 6.98. The third-order valence-corrected chi connectivity index (χ3v) is 3.28. The highest BCUT2D eigenvalue weighted by Gasteiger charge is 2.21. The second-order valence-electron chi connectivity index (χ2n) is 5.50. The summed E-state index contributed by atoms with van der Waals surface area (Å²) in [6, 6.07) is 13.8. The maximum atomic E-state index is 11.6. The van der Waals surface area contributed by atoms with E-state index in [1.165, 1.54) is 12.1 Å². The molecule has 2 aromatic rings. The molecule has 4 nitrogen and oxygen atoms in total. The molecule has 0 aliphatic heterocycles. The van der Waals surface area contributed by atoms with Gasteiger partial charge in [0.05, 0.1) is 12.0 Å². The molecule has 1 unspecified atom stereocenters. The van der Waals surface area contributed by atoms with Crippen molar-refractivity contribution in [2.45, 2.75) is 32.3 Å². The van der Waals surface area contributed by atoms with Crippen molar-refractivity contribution < 1.29 is 19.7 Å². The van der Waals surface area contributed by atoms with Crippen molar-refractivity contribution >= 4 is 5.97 Å². The predicted octanol–water partition coefficient (Wildman–Crippen LogP) is 3.59. The van der Waals surface area contributed by atoms with Gasteiger partial charge in [0.2, 0.25) is 0 Å². The van der Waals surface area contributed by atoms with Gasteiger partial charge in [-0.3, -0.25) is 4.79 Å². The summed E-state index contributed by atoms with van der Waals surface area (Å²) in [5, 5.41) is 19.0. The number of aromatic hydroxyl groups is 1. The molecule has 2 rings (SSSR count). The molecule has 0 heterocycles. The van der Waals surface area contributed by atoms with Gasteiger partial charge in [-0.05, 0) is 55.7 Å². The Balaban J connectivity index is 2.23. The van der Waals surface area contributed by atoms with E-state index in [-0.39, 0.29) is 11.9 Å². The molecule has 2 aromatic carbocycles. The molecule has 22 heavy (non-hydrogen) atoms. The summed E-state index contributed by atoms with van der Waals surface area (Å²) in [6.07, 6.45) is 0.408. The van der Waals surface area contributed by atoms with Crippen LogP contribution in [0.1, 0.15) is 30.9 Å². The molecule has 0 fully saturated rings. The van der Waals surface area contributed by atoms with Crippen molar-refractivity contribution in [1.29, 1.82) is 0 Å². The highest BCUT2D eigenvalue weighted by atomic mass is 16.5. The summed E-state index contributed by atoms with van der Waals surface area (Å²) in [6.45, 7) is 3.89. The van der Waals surface area contributed by atoms with Crippen molar-refractivity contribution in [2.24, 2.45) is 0 Å². The third kappa shape index (κ3) is 4.25. The van der Waals surface area contributed by atoms with E-state index in [2.05, 4.69) is 0 Å². The Hall–Kier alpha value is -2.49. The number of hydrogen-bond acceptors (Lipinski definition) is 3. The topological polar surface area (TPSA) is 66.8 Å². The molecular formula is C18H20O4. The number of carbonyl (C=O) groups is 1. The Morgan fingerprint density at radius 2 is 1.86 bits per heavy atom. The third-order valence-electron chi connectivity index (χ3n) is 3.28. The molecular weight excluding hydrogens is 280 g/mol. The van der Waals surface area contributed by atoms with E-state index in [1.54, 1.807) is 12.1 Å². The van der Waals surface area contributed by atoms with Gasteiger partial charge in [0, 0.05) is 0 Å². The normalized spacial score (nSPS) is 12.1. The zero-order chi connectivity index (χ0) is 16.1. The molecule has 0 aliphatic carbocycles. The number of carboxylic acids is 1. The van der Waals surface area contributed by atoms with Crippen LogP contribution in [-0.4, -0.2) is 22.3 Å². The molecule has 0 radical (unpaired) electrons. The average Bonchev–Trinajstić information content (AvgIpc) is 2.44. The molecule has 0 aromatic heterocycles. The number of rotatable bonds is 6. The van der Waals surface area contributed by atoms with Crippen molar-refractivity contribution in [1.82, 2.24) is 0 Å². The highest BCUT2D eigenvalue weighted by Crippen LogP contribution is 2.26. The summed E-state index contributed by atoms with van der Waals surface area (Å²) in [7, 11) is 0. The quantitative estimate of drug-likeness (QED) is 0.855. The van der Waals surface area contributed by atoms with Crippen LogP contribution in [-0.2, 0) is 11.2 Å². The van der Waals surface area contributed by atoms with Crippen molar-refractivity contribution in [3.05, 3.63) is 59.7 Å². The van der Waals surface area contributed by atoms with Gasteiger partial charge in [-0.25, -0.2) is 0 Å². The van der Waals surface area contributed by atoms with Crippen LogP contribution in [0, 0.1) is 0 Å². The zero-order valence-corrected chi connectivity index (χ0v) is 12.7. The number of phenols is 1. The van der Waals surface area contributed by atoms with Gasteiger partial charge in [-0.2, -0.15) is 0 Å². The second-order valence-corrected chi connectivity index (χ2v) is 5.50. The molecule has 0 saturated carbocycles. The molecule has 0 spiro atoms. The van der Waals surface area contributed by atoms with Gasteiger partial charge >= 0.3 is 5.97 Å². The van der Waals surface area contributed by atoms with Gasteiger partial charge in [0.1, 0.15) is 11.5 Å². The first kappa shape index (κ1) is 15.9. The lowest BCUT2D eigenvalue weighted by Crippen LogP contribution is -2.14. The SMILES string of the molecule is CC(C)Oc1cccc(CC(C(=O)O)c2cccc(O)c2)c1. The van der Waals surface area contributed by atoms with E-state index in [0.717, 1.165) is 11.3 Å². The maximum Gasteiger partial charge on any atom is 0.311 e. The summed E-state index contributed by atoms with van der Waals surface area (Å²) < 4.78 is 5.63. The Bertz CT molecular complexity index is 649. The summed E-state index contributed by atoms with van der Waals surface area (Å²) >= 11 is 0. The fourth-order valence-electron chi connectivity index (χ4n) is 2.34. The van der Waals surface area contributed by atoms with E-state index >= 15 is 0 Å². The molecule has 0 saturated heterocycles. The fraction of sp³-hybridized carbons (Fsp3) is 0.278. The number of benzene rings is 2. The smallest absolute Gasteiger partial charge is 0.311 e. The first-order valence-corrected chi connectivity index (χ1v) is 7.23. The average molecular weight is 300 g/mol. The largest absolute Gasteiger partial charge is 0.508 e. The van der Waals surface area contributed by atoms with Crippen molar-refractivity contribution in [3.8, 4) is 11.5 Å². The number of aliphatic carboxylic acids is 1. The lowest BCUT2D eigenvalue weighted by atomic mass is 9.92. The van der Waals surface area contributed by atoms with E-state index < -0.39 is 11.9 Å². The summed E-state index contributed by atoms with van der Waals surface area (Å²) in [5.41, 5.74) is 1.47. The van der Waals surface area contributed by atoms with E-state index in [9.17, 15) is 15.0 Å². The number of hydrogen-bond donors (Lipinski definition) is 2. The molecule has 116 valence electrons. The Morgan fingerprint density at radius 1 is 1.14 bits per heavy atom. The van der Waals surface area contributed by atoms with Crippen LogP contribution in [0.15, 0.2) is 48.5 Å². The predicted molar refractivity (Wildman–Crippen MR) is 84.4 cm³/mol. The minimum Gasteiger partial charge on any atom is -0.508 e. The van der Waals surface area contributed by atoms with Crippen LogP contribution in [0.25, 0.3) is 0 Å². The van der Waals surface area contributed by atoms with Gasteiger partial charge in [0.25, 0.3) is 0 Å². The van der Waals surface area contributed by atoms with E-state index in [4.69, 9.17) is 4.74 Å². The van der Waals surface area contributed by atoms with Crippen LogP contribution < -0.4 is 4.74 Å². The molecule has 2 N–H and O–H groups in total. The molecule has 1 atom stereocenters. The summed E-state index contributed by atoms with van der Waals surface area (Å²) in [4.78, 5) is 11.6. The van der Waals surface area contributed by atoms with Crippen LogP contribution in [0.5, 0.6) is 11.5 Å². The standard InChI is InChI=1S/C18H20O4/c1-12(2)22-16-8-3-5-13(9-16)10-17(18(20)21)14-6-4-7-15(19)11-14/h3-9,11-12,17,19H,10H2,1-2H3,(H,20,21). The van der Waals surface area contributed by atoms with Gasteiger partial charge < -0.3 is 14.9 Å². The van der Waals surface area contributed by atoms with Crippen LogP contribution >= 0.6 is 0 Å². The highest BCUT2D eigenvalue weighted by molar-refractivity contribution is 5.76. The van der Waals surface area contributed by atoms with Gasteiger partial charge in [-0.1, -0.05) is 24.3 Å². The summed E-state index contributed by atoms with van der Waals surface area (Å²) in [5.74, 6) is -0.824. The minimum atomic E-state index is -0.916. The zero-order valence-electron chi connectivity index (χ0n) is 12.7. The number of carboxylic acid groups (broad SMARTS) is 1. The van der Waals surface area contributed by atoms with Crippen LogP contribution in [0.4, 0.5) is 0 Å². The number of ether oxygens (including phenoxy) is 1. The Morgan fingerprint density at radius 3 is 2.50 bits per heavy atom. The van der Waals surface area contributed by atoms with Crippen molar-refractivity contribution in [3.63, 3.8) is 0 Å². The Labute approximate surface area is 130 Å². The molecule has 4 heteroatoms. The lowest BCUT2D eigenvalue weighted by Gasteiger charge is -2.15. The van der Waals surface area contributed by atoms with E-state index in [1.807, 2.05) is 38.1 Å². The fourth-order valence-corrected chi connectivity index (χ4v) is 2.34. The first-order valence-electron chi connectivity index (χ1n) is 7.23. The molecule has 0 amide bonds. The van der Waals surface area contributed by atoms with Gasteiger partial charge in [0.15, 0.2) is 0 Å². The Kier molecular flexibility index (Phi) is 5.04. The minimum absolute atomic E-state index is 0.0663. The first-order chi connectivity index (χ1) is 10.5. The van der Waals surface area contributed by atoms with Crippen LogP contribution in [0.3, 0.4) is 0 Å². The lowest BCUT2D eigenvalue weighted by molar-refractivity contribution is -0.138. The molecule has 0 aliphatic rings. The monoisotopic (exact) mass is 300 g/mol. The maximum absolute atomic E-state index is 11.6. The molecule has 0 bridgehead atoms.